The van der Waals surface area contributed by atoms with Crippen molar-refractivity contribution in [3.8, 4) is 5.69 Å². The van der Waals surface area contributed by atoms with E-state index in [0.717, 1.165) is 37.8 Å². The van der Waals surface area contributed by atoms with Crippen molar-refractivity contribution in [2.24, 2.45) is 0 Å². The standard InChI is InChI=1S/C23H24ClN5O3S/c1-16(30)17-2-6-19(7-3-17)25-22(31)15-33-23-27-26-21(14-28-10-12-32-13-11-28)29(23)20-8-4-18(24)5-9-20/h2-9H,10-15H2,1H3,(H,25,31)/p+1. The van der Waals surface area contributed by atoms with Crippen LogP contribution in [0, 0.1) is 0 Å². The van der Waals surface area contributed by atoms with Crippen molar-refractivity contribution in [2.75, 3.05) is 37.4 Å². The zero-order valence-corrected chi connectivity index (χ0v) is 19.8. The van der Waals surface area contributed by atoms with Gasteiger partial charge in [0.2, 0.25) is 5.91 Å². The summed E-state index contributed by atoms with van der Waals surface area (Å²) in [5.41, 5.74) is 2.14. The van der Waals surface area contributed by atoms with Gasteiger partial charge in [0.15, 0.2) is 16.8 Å². The number of quaternary nitrogens is 1. The number of thioether (sulfide) groups is 1. The maximum absolute atomic E-state index is 12.5. The molecule has 10 heteroatoms. The molecule has 0 spiro atoms. The van der Waals surface area contributed by atoms with Crippen LogP contribution in [0.1, 0.15) is 23.1 Å². The fraction of sp³-hybridized carbons (Fsp3) is 0.304. The molecular weight excluding hydrogens is 462 g/mol. The number of anilines is 1. The lowest BCUT2D eigenvalue weighted by Crippen LogP contribution is -3.12. The van der Waals surface area contributed by atoms with E-state index in [-0.39, 0.29) is 17.4 Å². The van der Waals surface area contributed by atoms with Crippen LogP contribution < -0.4 is 10.2 Å². The Morgan fingerprint density at radius 3 is 2.45 bits per heavy atom. The third-order valence-electron chi connectivity index (χ3n) is 5.30. The van der Waals surface area contributed by atoms with Crippen molar-refractivity contribution in [1.29, 1.82) is 0 Å². The normalized spacial score (nSPS) is 14.2. The van der Waals surface area contributed by atoms with Crippen molar-refractivity contribution in [3.63, 3.8) is 0 Å². The molecule has 2 N–H and O–H groups in total. The van der Waals surface area contributed by atoms with Gasteiger partial charge in [0, 0.05) is 22.0 Å². The Bertz CT molecular complexity index is 1110. The Balaban J connectivity index is 1.47. The van der Waals surface area contributed by atoms with Gasteiger partial charge in [0.1, 0.15) is 19.6 Å². The largest absolute Gasteiger partial charge is 0.370 e. The molecule has 0 aliphatic carbocycles. The minimum atomic E-state index is -0.165. The summed E-state index contributed by atoms with van der Waals surface area (Å²) in [6.07, 6.45) is 0. The minimum absolute atomic E-state index is 0.0142. The van der Waals surface area contributed by atoms with Crippen LogP contribution in [-0.2, 0) is 16.1 Å². The first-order valence-corrected chi connectivity index (χ1v) is 12.0. The number of benzene rings is 2. The number of halogens is 1. The number of nitrogens with one attached hydrogen (secondary N) is 2. The Hall–Kier alpha value is -2.72. The van der Waals surface area contributed by atoms with Crippen molar-refractivity contribution in [3.05, 3.63) is 64.9 Å². The molecule has 172 valence electrons. The van der Waals surface area contributed by atoms with Crippen molar-refractivity contribution in [2.45, 2.75) is 18.6 Å². The minimum Gasteiger partial charge on any atom is -0.370 e. The van der Waals surface area contributed by atoms with Crippen LogP contribution in [0.2, 0.25) is 5.02 Å². The Kier molecular flexibility index (Phi) is 7.77. The second kappa shape index (κ2) is 10.9. The van der Waals surface area contributed by atoms with E-state index in [1.54, 1.807) is 24.3 Å². The highest BCUT2D eigenvalue weighted by Crippen LogP contribution is 2.23. The number of rotatable bonds is 8. The van der Waals surface area contributed by atoms with Gasteiger partial charge in [0.25, 0.3) is 0 Å². The number of Topliss-reactive ketones (excluding diaryl/α,β-unsaturated/α-hetero) is 1. The van der Waals surface area contributed by atoms with Gasteiger partial charge < -0.3 is 15.0 Å². The van der Waals surface area contributed by atoms with E-state index in [9.17, 15) is 9.59 Å². The summed E-state index contributed by atoms with van der Waals surface area (Å²) in [6, 6.07) is 14.3. The van der Waals surface area contributed by atoms with Gasteiger partial charge in [-0.15, -0.1) is 10.2 Å². The Labute approximate surface area is 201 Å². The smallest absolute Gasteiger partial charge is 0.234 e. The van der Waals surface area contributed by atoms with Crippen LogP contribution in [0.4, 0.5) is 5.69 Å². The molecule has 0 saturated carbocycles. The van der Waals surface area contributed by atoms with Crippen LogP contribution in [-0.4, -0.2) is 58.5 Å². The van der Waals surface area contributed by atoms with Gasteiger partial charge in [-0.2, -0.15) is 0 Å². The van der Waals surface area contributed by atoms with Crippen LogP contribution in [0.15, 0.2) is 53.7 Å². The van der Waals surface area contributed by atoms with E-state index in [2.05, 4.69) is 15.5 Å². The maximum Gasteiger partial charge on any atom is 0.234 e. The molecular formula is C23H25ClN5O3S+. The van der Waals surface area contributed by atoms with Crippen molar-refractivity contribution < 1.29 is 19.2 Å². The molecule has 1 aliphatic heterocycles. The third-order valence-corrected chi connectivity index (χ3v) is 6.48. The van der Waals surface area contributed by atoms with E-state index in [1.807, 2.05) is 28.8 Å². The molecule has 0 atom stereocenters. The maximum atomic E-state index is 12.5. The van der Waals surface area contributed by atoms with Gasteiger partial charge in [0.05, 0.1) is 19.0 Å². The zero-order valence-electron chi connectivity index (χ0n) is 18.2. The highest BCUT2D eigenvalue weighted by atomic mass is 35.5. The summed E-state index contributed by atoms with van der Waals surface area (Å²) in [7, 11) is 0. The summed E-state index contributed by atoms with van der Waals surface area (Å²) in [5.74, 6) is 0.822. The first-order chi connectivity index (χ1) is 16.0. The lowest BCUT2D eigenvalue weighted by atomic mass is 10.1. The average molecular weight is 487 g/mol. The van der Waals surface area contributed by atoms with Gasteiger partial charge in [-0.25, -0.2) is 0 Å². The monoisotopic (exact) mass is 486 g/mol. The van der Waals surface area contributed by atoms with Gasteiger partial charge in [-0.05, 0) is 55.5 Å². The number of carbonyl (C=O) groups excluding carboxylic acids is 2. The van der Waals surface area contributed by atoms with E-state index in [1.165, 1.54) is 23.6 Å². The molecule has 0 bridgehead atoms. The van der Waals surface area contributed by atoms with Crippen LogP contribution in [0.3, 0.4) is 0 Å². The number of ketones is 1. The molecule has 1 aliphatic rings. The summed E-state index contributed by atoms with van der Waals surface area (Å²) in [4.78, 5) is 25.3. The van der Waals surface area contributed by atoms with E-state index in [0.29, 0.717) is 28.0 Å². The number of hydrogen-bond acceptors (Lipinski definition) is 6. The molecule has 1 saturated heterocycles. The van der Waals surface area contributed by atoms with Crippen LogP contribution in [0.25, 0.3) is 5.69 Å². The number of aromatic nitrogens is 3. The SMILES string of the molecule is CC(=O)c1ccc(NC(=O)CSc2nnc(C[NH+]3CCOCC3)n2-c2ccc(Cl)cc2)cc1. The molecule has 0 unspecified atom stereocenters. The van der Waals surface area contributed by atoms with E-state index < -0.39 is 0 Å². The number of hydrogen-bond donors (Lipinski definition) is 2. The summed E-state index contributed by atoms with van der Waals surface area (Å²) in [6.45, 7) is 5.53. The van der Waals surface area contributed by atoms with Gasteiger partial charge in [-0.1, -0.05) is 23.4 Å². The number of ether oxygens (including phenoxy) is 1. The molecule has 0 radical (unpaired) electrons. The zero-order chi connectivity index (χ0) is 23.2. The number of morpholine rings is 1. The molecule has 4 rings (SSSR count). The lowest BCUT2D eigenvalue weighted by Gasteiger charge is -2.23. The van der Waals surface area contributed by atoms with Crippen molar-refractivity contribution >= 4 is 40.7 Å². The van der Waals surface area contributed by atoms with Gasteiger partial charge >= 0.3 is 0 Å². The van der Waals surface area contributed by atoms with E-state index >= 15 is 0 Å². The lowest BCUT2D eigenvalue weighted by molar-refractivity contribution is -0.922. The molecule has 1 amide bonds. The van der Waals surface area contributed by atoms with Crippen LogP contribution >= 0.6 is 23.4 Å². The van der Waals surface area contributed by atoms with E-state index in [4.69, 9.17) is 16.3 Å². The number of nitrogens with zero attached hydrogens (tertiary/aromatic N) is 3. The second-order valence-corrected chi connectivity index (χ2v) is 9.10. The predicted molar refractivity (Wildman–Crippen MR) is 127 cm³/mol. The Morgan fingerprint density at radius 2 is 1.79 bits per heavy atom. The molecule has 33 heavy (non-hydrogen) atoms. The molecule has 1 aromatic heterocycles. The quantitative estimate of drug-likeness (QED) is 0.375. The third kappa shape index (κ3) is 6.20. The van der Waals surface area contributed by atoms with Crippen LogP contribution in [0.5, 0.6) is 0 Å². The second-order valence-electron chi connectivity index (χ2n) is 7.72. The number of carbonyl (C=O) groups is 2. The average Bonchev–Trinajstić information content (AvgIpc) is 3.21. The molecule has 8 nitrogen and oxygen atoms in total. The summed E-state index contributed by atoms with van der Waals surface area (Å²) < 4.78 is 7.44. The topological polar surface area (TPSA) is 90.6 Å². The first kappa shape index (κ1) is 23.4. The first-order valence-electron chi connectivity index (χ1n) is 10.6. The highest BCUT2D eigenvalue weighted by molar-refractivity contribution is 7.99. The van der Waals surface area contributed by atoms with Gasteiger partial charge in [-0.3, -0.25) is 14.2 Å². The fourth-order valence-electron chi connectivity index (χ4n) is 3.53. The molecule has 2 heterocycles. The summed E-state index contributed by atoms with van der Waals surface area (Å²) >= 11 is 7.40. The predicted octanol–water partition coefficient (Wildman–Crippen LogP) is 2.27. The summed E-state index contributed by atoms with van der Waals surface area (Å²) in [5, 5.41) is 12.9. The highest BCUT2D eigenvalue weighted by Gasteiger charge is 2.22. The number of amides is 1. The molecule has 3 aromatic rings. The molecule has 2 aromatic carbocycles. The molecule has 1 fully saturated rings. The fourth-order valence-corrected chi connectivity index (χ4v) is 4.43. The Morgan fingerprint density at radius 1 is 1.09 bits per heavy atom. The van der Waals surface area contributed by atoms with Crippen molar-refractivity contribution in [1.82, 2.24) is 14.8 Å².